The van der Waals surface area contributed by atoms with Crippen LogP contribution in [0.4, 0.5) is 17.1 Å². The minimum atomic E-state index is 1.12. The molecule has 0 unspecified atom stereocenters. The van der Waals surface area contributed by atoms with Crippen molar-refractivity contribution < 1.29 is 0 Å². The van der Waals surface area contributed by atoms with Crippen LogP contribution in [0.3, 0.4) is 0 Å². The van der Waals surface area contributed by atoms with Crippen molar-refractivity contribution in [1.82, 2.24) is 0 Å². The Labute approximate surface area is 350 Å². The smallest absolute Gasteiger partial charge is 0.0640 e. The minimum Gasteiger partial charge on any atom is -0.309 e. The Morgan fingerprint density at radius 2 is 0.864 bits per heavy atom. The molecule has 0 aliphatic heterocycles. The number of thiophene rings is 2. The van der Waals surface area contributed by atoms with Gasteiger partial charge in [-0.3, -0.25) is 0 Å². The molecule has 0 aliphatic rings. The molecule has 10 aromatic carbocycles. The van der Waals surface area contributed by atoms with Gasteiger partial charge in [0.25, 0.3) is 0 Å². The van der Waals surface area contributed by atoms with Gasteiger partial charge >= 0.3 is 0 Å². The second-order valence-corrected chi connectivity index (χ2v) is 17.3. The first-order valence-electron chi connectivity index (χ1n) is 20.1. The van der Waals surface area contributed by atoms with Crippen LogP contribution in [0.1, 0.15) is 0 Å². The van der Waals surface area contributed by atoms with Gasteiger partial charge in [-0.15, -0.1) is 22.7 Å². The Bertz CT molecular complexity index is 3540. The molecule has 0 atom stereocenters. The molecule has 0 fully saturated rings. The summed E-state index contributed by atoms with van der Waals surface area (Å²) < 4.78 is 5.23. The van der Waals surface area contributed by atoms with Crippen molar-refractivity contribution in [3.05, 3.63) is 212 Å². The summed E-state index contributed by atoms with van der Waals surface area (Å²) in [5.41, 5.74) is 10.8. The zero-order valence-corrected chi connectivity index (χ0v) is 33.6. The third kappa shape index (κ3) is 5.66. The zero-order valence-electron chi connectivity index (χ0n) is 32.0. The van der Waals surface area contributed by atoms with Crippen LogP contribution >= 0.6 is 22.7 Å². The van der Waals surface area contributed by atoms with Crippen molar-refractivity contribution in [2.75, 3.05) is 4.90 Å². The number of hydrogen-bond donors (Lipinski definition) is 0. The quantitative estimate of drug-likeness (QED) is 0.152. The lowest BCUT2D eigenvalue weighted by molar-refractivity contribution is 1.30. The highest BCUT2D eigenvalue weighted by Gasteiger charge is 2.20. The summed E-state index contributed by atoms with van der Waals surface area (Å²) in [4.78, 5) is 2.45. The average Bonchev–Trinajstić information content (AvgIpc) is 3.88. The van der Waals surface area contributed by atoms with Crippen molar-refractivity contribution in [1.29, 1.82) is 0 Å². The number of benzene rings is 10. The van der Waals surface area contributed by atoms with Gasteiger partial charge in [-0.1, -0.05) is 164 Å². The molecule has 0 N–H and O–H groups in total. The fraction of sp³-hybridized carbons (Fsp3) is 0. The monoisotopic (exact) mass is 785 g/mol. The summed E-state index contributed by atoms with van der Waals surface area (Å²) in [7, 11) is 0. The highest BCUT2D eigenvalue weighted by atomic mass is 32.1. The van der Waals surface area contributed by atoms with Crippen molar-refractivity contribution in [3.63, 3.8) is 0 Å². The largest absolute Gasteiger partial charge is 0.309 e. The first kappa shape index (κ1) is 34.0. The van der Waals surface area contributed by atoms with Gasteiger partial charge in [0.15, 0.2) is 0 Å². The lowest BCUT2D eigenvalue weighted by Crippen LogP contribution is -2.10. The fourth-order valence-corrected chi connectivity index (χ4v) is 11.5. The summed E-state index contributed by atoms with van der Waals surface area (Å²) in [6.07, 6.45) is 0. The van der Waals surface area contributed by atoms with Crippen molar-refractivity contribution in [3.8, 4) is 33.4 Å². The molecule has 59 heavy (non-hydrogen) atoms. The molecule has 3 heteroatoms. The van der Waals surface area contributed by atoms with Crippen LogP contribution < -0.4 is 4.90 Å². The molecule has 0 radical (unpaired) electrons. The maximum atomic E-state index is 2.45. The van der Waals surface area contributed by atoms with E-state index in [0.717, 1.165) is 11.4 Å². The van der Waals surface area contributed by atoms with Gasteiger partial charge in [0.05, 0.1) is 10.4 Å². The van der Waals surface area contributed by atoms with Gasteiger partial charge in [-0.2, -0.15) is 0 Å². The molecule has 2 aromatic heterocycles. The van der Waals surface area contributed by atoms with E-state index in [2.05, 4.69) is 217 Å². The summed E-state index contributed by atoms with van der Waals surface area (Å²) in [5, 5.41) is 10.3. The number of rotatable bonds is 6. The second-order valence-electron chi connectivity index (χ2n) is 15.2. The van der Waals surface area contributed by atoms with Crippen LogP contribution in [0.15, 0.2) is 212 Å². The maximum absolute atomic E-state index is 2.45. The Kier molecular flexibility index (Phi) is 7.97. The van der Waals surface area contributed by atoms with Gasteiger partial charge in [0.2, 0.25) is 0 Å². The topological polar surface area (TPSA) is 3.24 Å². The van der Waals surface area contributed by atoms with Crippen LogP contribution in [-0.2, 0) is 0 Å². The molecule has 0 aliphatic carbocycles. The highest BCUT2D eigenvalue weighted by Crippen LogP contribution is 2.48. The normalized spacial score (nSPS) is 11.7. The third-order valence-corrected chi connectivity index (χ3v) is 14.3. The van der Waals surface area contributed by atoms with Crippen LogP contribution in [0.25, 0.3) is 95.3 Å². The third-order valence-electron chi connectivity index (χ3n) is 11.9. The van der Waals surface area contributed by atoms with Crippen LogP contribution in [0.5, 0.6) is 0 Å². The van der Waals surface area contributed by atoms with E-state index in [9.17, 15) is 0 Å². The van der Waals surface area contributed by atoms with E-state index in [-0.39, 0.29) is 0 Å². The zero-order chi connectivity index (χ0) is 38.9. The highest BCUT2D eigenvalue weighted by molar-refractivity contribution is 7.27. The summed E-state index contributed by atoms with van der Waals surface area (Å²) >= 11 is 3.76. The number of nitrogens with zero attached hydrogens (tertiary/aromatic N) is 1. The summed E-state index contributed by atoms with van der Waals surface area (Å²) in [6.45, 7) is 0. The lowest BCUT2D eigenvalue weighted by atomic mass is 9.93. The first-order valence-corrected chi connectivity index (χ1v) is 21.7. The van der Waals surface area contributed by atoms with Crippen LogP contribution in [-0.4, -0.2) is 0 Å². The molecular weight excluding hydrogens is 751 g/mol. The molecule has 12 aromatic rings. The number of anilines is 3. The molecule has 1 nitrogen and oxygen atoms in total. The molecule has 2 heterocycles. The van der Waals surface area contributed by atoms with Crippen molar-refractivity contribution in [2.45, 2.75) is 0 Å². The van der Waals surface area contributed by atoms with Gasteiger partial charge in [0, 0.05) is 47.0 Å². The van der Waals surface area contributed by atoms with Gasteiger partial charge in [0.1, 0.15) is 0 Å². The van der Waals surface area contributed by atoms with E-state index in [1.807, 2.05) is 22.7 Å². The van der Waals surface area contributed by atoms with Gasteiger partial charge in [-0.05, 0) is 103 Å². The maximum Gasteiger partial charge on any atom is 0.0640 e. The Morgan fingerprint density at radius 1 is 0.288 bits per heavy atom. The van der Waals surface area contributed by atoms with Crippen molar-refractivity contribution in [2.24, 2.45) is 0 Å². The molecule has 0 bridgehead atoms. The lowest BCUT2D eigenvalue weighted by Gasteiger charge is -2.26. The second kappa shape index (κ2) is 13.8. The molecule has 0 spiro atoms. The predicted molar refractivity (Wildman–Crippen MR) is 258 cm³/mol. The molecule has 0 amide bonds. The first-order chi connectivity index (χ1) is 29.2. The van der Waals surface area contributed by atoms with E-state index >= 15 is 0 Å². The van der Waals surface area contributed by atoms with Gasteiger partial charge in [-0.25, -0.2) is 0 Å². The molecule has 0 saturated carbocycles. The van der Waals surface area contributed by atoms with Gasteiger partial charge < -0.3 is 4.90 Å². The van der Waals surface area contributed by atoms with E-state index in [1.54, 1.807) is 0 Å². The molecule has 12 rings (SSSR count). The van der Waals surface area contributed by atoms with Crippen LogP contribution in [0.2, 0.25) is 0 Å². The van der Waals surface area contributed by atoms with Crippen LogP contribution in [0, 0.1) is 0 Å². The summed E-state index contributed by atoms with van der Waals surface area (Å²) in [6, 6.07) is 78.1. The van der Waals surface area contributed by atoms with E-state index in [0.29, 0.717) is 0 Å². The van der Waals surface area contributed by atoms with E-state index in [1.165, 1.54) is 101 Å². The fourth-order valence-electron chi connectivity index (χ4n) is 9.05. The molecular formula is C56H35NS2. The Morgan fingerprint density at radius 3 is 1.66 bits per heavy atom. The van der Waals surface area contributed by atoms with Crippen molar-refractivity contribution >= 4 is 102 Å². The Hall–Kier alpha value is -7.04. The SMILES string of the molecule is c1ccc(-c2cccc3c2sc2c(N(c4ccc(-c5ccc6c(c5)sc5ccccc56)cc4)c4ccc(-c5cc6ccccc6c6ccccc56)cc4)cccc23)cc1. The standard InChI is InChI=1S/C56H35NS2/c1-2-12-37(13-3-1)44-19-10-20-49-50-21-11-22-52(56(50)59-55(44)49)57(41-29-24-36(25-30-41)39-28-33-48-47-18-8-9-23-53(47)58-54(48)35-39)42-31-26-38(27-32-42)51-34-40-14-4-5-15-43(40)45-16-6-7-17-46(45)51/h1-35H. The predicted octanol–water partition coefficient (Wildman–Crippen LogP) is 17.2. The van der Waals surface area contributed by atoms with E-state index < -0.39 is 0 Å². The minimum absolute atomic E-state index is 1.12. The summed E-state index contributed by atoms with van der Waals surface area (Å²) in [5.74, 6) is 0. The number of fused-ring (bicyclic) bond motifs is 9. The Balaban J connectivity index is 1.01. The average molecular weight is 786 g/mol. The number of hydrogen-bond acceptors (Lipinski definition) is 3. The molecule has 276 valence electrons. The molecule has 0 saturated heterocycles. The van der Waals surface area contributed by atoms with E-state index in [4.69, 9.17) is 0 Å².